The molecule has 1 aliphatic rings. The van der Waals surface area contributed by atoms with Crippen molar-refractivity contribution in [1.29, 1.82) is 0 Å². The van der Waals surface area contributed by atoms with Crippen molar-refractivity contribution in [2.45, 2.75) is 6.42 Å². The average molecular weight is 328 g/mol. The van der Waals surface area contributed by atoms with Crippen LogP contribution in [0.15, 0.2) is 48.5 Å². The van der Waals surface area contributed by atoms with Gasteiger partial charge in [-0.2, -0.15) is 0 Å². The second-order valence-electron chi connectivity index (χ2n) is 5.81. The molecule has 0 N–H and O–H groups in total. The van der Waals surface area contributed by atoms with Gasteiger partial charge in [-0.25, -0.2) is 4.39 Å². The highest BCUT2D eigenvalue weighted by Gasteiger charge is 2.23. The normalized spacial score (nSPS) is 14.6. The van der Waals surface area contributed by atoms with Crippen LogP contribution in [0.1, 0.15) is 5.56 Å². The van der Waals surface area contributed by atoms with Crippen molar-refractivity contribution >= 4 is 11.6 Å². The minimum atomic E-state index is -0.216. The van der Waals surface area contributed by atoms with Gasteiger partial charge in [0.05, 0.1) is 19.2 Å². The average Bonchev–Trinajstić information content (AvgIpc) is 2.63. The van der Waals surface area contributed by atoms with E-state index in [0.717, 1.165) is 11.3 Å². The topological polar surface area (TPSA) is 32.8 Å². The minimum Gasteiger partial charge on any atom is -0.496 e. The first-order chi connectivity index (χ1) is 11.7. The third-order valence-corrected chi connectivity index (χ3v) is 4.36. The van der Waals surface area contributed by atoms with E-state index in [1.807, 2.05) is 40.1 Å². The Hall–Kier alpha value is -2.56. The summed E-state index contributed by atoms with van der Waals surface area (Å²) in [7, 11) is 1.61. The lowest BCUT2D eigenvalue weighted by molar-refractivity contribution is -0.130. The maximum atomic E-state index is 13.9. The standard InChI is InChI=1S/C19H21FN2O2/c1-24-18-9-5-2-6-15(18)14-19(23)22-12-10-21(11-13-22)17-8-4-3-7-16(17)20/h2-9H,10-14H2,1H3. The van der Waals surface area contributed by atoms with E-state index in [2.05, 4.69) is 0 Å². The Kier molecular flexibility index (Phi) is 4.99. The molecule has 0 aliphatic carbocycles. The van der Waals surface area contributed by atoms with E-state index in [1.54, 1.807) is 19.2 Å². The summed E-state index contributed by atoms with van der Waals surface area (Å²) >= 11 is 0. The molecule has 126 valence electrons. The molecule has 0 spiro atoms. The maximum Gasteiger partial charge on any atom is 0.227 e. The number of carbonyl (C=O) groups is 1. The first-order valence-electron chi connectivity index (χ1n) is 8.08. The van der Waals surface area contributed by atoms with Crippen LogP contribution in [0.4, 0.5) is 10.1 Å². The number of amides is 1. The number of halogens is 1. The molecule has 1 aliphatic heterocycles. The molecule has 0 unspecified atom stereocenters. The summed E-state index contributed by atoms with van der Waals surface area (Å²) in [5.74, 6) is 0.592. The summed E-state index contributed by atoms with van der Waals surface area (Å²) in [6.45, 7) is 2.47. The summed E-state index contributed by atoms with van der Waals surface area (Å²) in [6, 6.07) is 14.3. The quantitative estimate of drug-likeness (QED) is 0.865. The van der Waals surface area contributed by atoms with E-state index in [-0.39, 0.29) is 11.7 Å². The van der Waals surface area contributed by atoms with Gasteiger partial charge in [-0.15, -0.1) is 0 Å². The van der Waals surface area contributed by atoms with Gasteiger partial charge in [0.15, 0.2) is 0 Å². The zero-order chi connectivity index (χ0) is 16.9. The molecule has 2 aromatic carbocycles. The zero-order valence-electron chi connectivity index (χ0n) is 13.7. The van der Waals surface area contributed by atoms with Crippen LogP contribution in [0.25, 0.3) is 0 Å². The summed E-state index contributed by atoms with van der Waals surface area (Å²) in [5, 5.41) is 0. The molecule has 1 saturated heterocycles. The highest BCUT2D eigenvalue weighted by molar-refractivity contribution is 5.79. The molecule has 3 rings (SSSR count). The van der Waals surface area contributed by atoms with E-state index in [9.17, 15) is 9.18 Å². The summed E-state index contributed by atoms with van der Waals surface area (Å²) in [5.41, 5.74) is 1.50. The van der Waals surface area contributed by atoms with E-state index < -0.39 is 0 Å². The Morgan fingerprint density at radius 2 is 1.71 bits per heavy atom. The number of para-hydroxylation sites is 2. The van der Waals surface area contributed by atoms with Gasteiger partial charge in [0.2, 0.25) is 5.91 Å². The van der Waals surface area contributed by atoms with Gasteiger partial charge in [-0.1, -0.05) is 30.3 Å². The fourth-order valence-electron chi connectivity index (χ4n) is 3.03. The Morgan fingerprint density at radius 3 is 2.42 bits per heavy atom. The summed E-state index contributed by atoms with van der Waals surface area (Å²) in [6.07, 6.45) is 0.323. The molecular weight excluding hydrogens is 307 g/mol. The van der Waals surface area contributed by atoms with E-state index in [4.69, 9.17) is 4.74 Å². The molecule has 2 aromatic rings. The van der Waals surface area contributed by atoms with Crippen LogP contribution in [-0.4, -0.2) is 44.1 Å². The van der Waals surface area contributed by atoms with Crippen molar-refractivity contribution in [2.24, 2.45) is 0 Å². The number of ether oxygens (including phenoxy) is 1. The highest BCUT2D eigenvalue weighted by atomic mass is 19.1. The van der Waals surface area contributed by atoms with Crippen molar-refractivity contribution in [3.63, 3.8) is 0 Å². The van der Waals surface area contributed by atoms with Crippen LogP contribution in [0, 0.1) is 5.82 Å². The molecule has 0 radical (unpaired) electrons. The molecule has 5 heteroatoms. The van der Waals surface area contributed by atoms with Crippen molar-refractivity contribution < 1.29 is 13.9 Å². The second kappa shape index (κ2) is 7.34. The minimum absolute atomic E-state index is 0.0766. The predicted octanol–water partition coefficient (Wildman–Crippen LogP) is 2.73. The Balaban J connectivity index is 1.60. The Morgan fingerprint density at radius 1 is 1.04 bits per heavy atom. The van der Waals surface area contributed by atoms with Crippen LogP contribution in [0.3, 0.4) is 0 Å². The Bertz CT molecular complexity index is 712. The number of nitrogens with zero attached hydrogens (tertiary/aromatic N) is 2. The largest absolute Gasteiger partial charge is 0.496 e. The summed E-state index contributed by atoms with van der Waals surface area (Å²) < 4.78 is 19.2. The van der Waals surface area contributed by atoms with Gasteiger partial charge >= 0.3 is 0 Å². The SMILES string of the molecule is COc1ccccc1CC(=O)N1CCN(c2ccccc2F)CC1. The molecule has 0 atom stereocenters. The van der Waals surface area contributed by atoms with Crippen LogP contribution < -0.4 is 9.64 Å². The molecule has 1 fully saturated rings. The van der Waals surface area contributed by atoms with Crippen LogP contribution >= 0.6 is 0 Å². The third-order valence-electron chi connectivity index (χ3n) is 4.36. The first-order valence-corrected chi connectivity index (χ1v) is 8.08. The summed E-state index contributed by atoms with van der Waals surface area (Å²) in [4.78, 5) is 16.3. The fraction of sp³-hybridized carbons (Fsp3) is 0.316. The number of hydrogen-bond donors (Lipinski definition) is 0. The molecule has 24 heavy (non-hydrogen) atoms. The van der Waals surface area contributed by atoms with Crippen molar-refractivity contribution in [2.75, 3.05) is 38.2 Å². The van der Waals surface area contributed by atoms with Crippen molar-refractivity contribution in [1.82, 2.24) is 4.90 Å². The number of piperazine rings is 1. The van der Waals surface area contributed by atoms with Crippen molar-refractivity contribution in [3.05, 3.63) is 59.9 Å². The molecule has 1 heterocycles. The first kappa shape index (κ1) is 16.3. The second-order valence-corrected chi connectivity index (χ2v) is 5.81. The van der Waals surface area contributed by atoms with Gasteiger partial charge in [0.1, 0.15) is 11.6 Å². The third kappa shape index (κ3) is 3.50. The molecule has 4 nitrogen and oxygen atoms in total. The van der Waals surface area contributed by atoms with E-state index in [0.29, 0.717) is 38.3 Å². The molecule has 0 saturated carbocycles. The van der Waals surface area contributed by atoms with Gasteiger partial charge < -0.3 is 14.5 Å². The number of carbonyl (C=O) groups excluding carboxylic acids is 1. The monoisotopic (exact) mass is 328 g/mol. The van der Waals surface area contributed by atoms with Gasteiger partial charge in [0, 0.05) is 31.7 Å². The molecule has 1 amide bonds. The van der Waals surface area contributed by atoms with E-state index in [1.165, 1.54) is 6.07 Å². The number of benzene rings is 2. The van der Waals surface area contributed by atoms with Gasteiger partial charge in [0.25, 0.3) is 0 Å². The van der Waals surface area contributed by atoms with Crippen molar-refractivity contribution in [3.8, 4) is 5.75 Å². The Labute approximate surface area is 141 Å². The van der Waals surface area contributed by atoms with Gasteiger partial charge in [-0.3, -0.25) is 4.79 Å². The number of hydrogen-bond acceptors (Lipinski definition) is 3. The van der Waals surface area contributed by atoms with Gasteiger partial charge in [-0.05, 0) is 18.2 Å². The smallest absolute Gasteiger partial charge is 0.227 e. The molecular formula is C19H21FN2O2. The number of rotatable bonds is 4. The number of anilines is 1. The molecule has 0 aromatic heterocycles. The zero-order valence-corrected chi connectivity index (χ0v) is 13.7. The van der Waals surface area contributed by atoms with Crippen LogP contribution in [0.2, 0.25) is 0 Å². The lowest BCUT2D eigenvalue weighted by Crippen LogP contribution is -2.49. The molecule has 0 bridgehead atoms. The lowest BCUT2D eigenvalue weighted by Gasteiger charge is -2.36. The predicted molar refractivity (Wildman–Crippen MR) is 91.9 cm³/mol. The maximum absolute atomic E-state index is 13.9. The lowest BCUT2D eigenvalue weighted by atomic mass is 10.1. The van der Waals surface area contributed by atoms with Crippen LogP contribution in [-0.2, 0) is 11.2 Å². The van der Waals surface area contributed by atoms with E-state index >= 15 is 0 Å². The van der Waals surface area contributed by atoms with Crippen LogP contribution in [0.5, 0.6) is 5.75 Å². The number of methoxy groups -OCH3 is 1. The fourth-order valence-corrected chi connectivity index (χ4v) is 3.03. The highest BCUT2D eigenvalue weighted by Crippen LogP contribution is 2.22.